The Kier molecular flexibility index (Phi) is 2.96. The van der Waals surface area contributed by atoms with Gasteiger partial charge in [-0.15, -0.1) is 10.2 Å². The van der Waals surface area contributed by atoms with Gasteiger partial charge in [-0.3, -0.25) is 4.57 Å². The Hall–Kier alpha value is -2.62. The molecule has 0 aliphatic carbocycles. The highest BCUT2D eigenvalue weighted by Crippen LogP contribution is 2.33. The van der Waals surface area contributed by atoms with Gasteiger partial charge in [0.25, 0.3) is 0 Å². The van der Waals surface area contributed by atoms with E-state index in [9.17, 15) is 0 Å². The van der Waals surface area contributed by atoms with E-state index in [1.165, 1.54) is 16.8 Å². The van der Waals surface area contributed by atoms with Crippen molar-refractivity contribution in [3.8, 4) is 16.8 Å². The summed E-state index contributed by atoms with van der Waals surface area (Å²) >= 11 is 0. The molecule has 22 heavy (non-hydrogen) atoms. The maximum atomic E-state index is 4.32. The summed E-state index contributed by atoms with van der Waals surface area (Å²) < 4.78 is 2.17. The Morgan fingerprint density at radius 2 is 1.73 bits per heavy atom. The van der Waals surface area contributed by atoms with Crippen LogP contribution in [-0.4, -0.2) is 28.4 Å². The highest BCUT2D eigenvalue weighted by Gasteiger charge is 2.20. The van der Waals surface area contributed by atoms with E-state index in [1.54, 1.807) is 0 Å². The SMILES string of the molecule is Cc1nnc2n1-c1ccc(-c3ccccc3)cc1N(C)CC2. The largest absolute Gasteiger partial charge is 0.372 e. The molecule has 110 valence electrons. The predicted octanol–water partition coefficient (Wildman–Crippen LogP) is 3.24. The number of likely N-dealkylation sites (N-methyl/N-ethyl adjacent to an activating group) is 1. The molecule has 4 nitrogen and oxygen atoms in total. The van der Waals surface area contributed by atoms with Gasteiger partial charge in [-0.25, -0.2) is 0 Å². The fourth-order valence-electron chi connectivity index (χ4n) is 3.10. The molecule has 0 spiro atoms. The average molecular weight is 290 g/mol. The Balaban J connectivity index is 1.91. The Morgan fingerprint density at radius 3 is 2.55 bits per heavy atom. The zero-order valence-corrected chi connectivity index (χ0v) is 12.8. The fraction of sp³-hybridized carbons (Fsp3) is 0.222. The van der Waals surface area contributed by atoms with E-state index >= 15 is 0 Å². The molecule has 4 rings (SSSR count). The number of aryl methyl sites for hydroxylation is 1. The van der Waals surface area contributed by atoms with Gasteiger partial charge in [0.15, 0.2) is 0 Å². The zero-order valence-electron chi connectivity index (χ0n) is 12.8. The zero-order chi connectivity index (χ0) is 15.1. The molecule has 0 saturated carbocycles. The second-order valence-corrected chi connectivity index (χ2v) is 5.74. The minimum Gasteiger partial charge on any atom is -0.372 e. The number of aromatic nitrogens is 3. The van der Waals surface area contributed by atoms with Crippen molar-refractivity contribution in [2.45, 2.75) is 13.3 Å². The molecule has 4 heteroatoms. The molecule has 0 bridgehead atoms. The van der Waals surface area contributed by atoms with Crippen molar-refractivity contribution < 1.29 is 0 Å². The molecule has 2 heterocycles. The predicted molar refractivity (Wildman–Crippen MR) is 88.5 cm³/mol. The van der Waals surface area contributed by atoms with E-state index in [0.29, 0.717) is 0 Å². The molecule has 0 atom stereocenters. The number of anilines is 1. The lowest BCUT2D eigenvalue weighted by Crippen LogP contribution is -2.19. The Labute approximate surface area is 130 Å². The van der Waals surface area contributed by atoms with Gasteiger partial charge in [0, 0.05) is 20.0 Å². The van der Waals surface area contributed by atoms with Crippen LogP contribution < -0.4 is 4.90 Å². The fourth-order valence-corrected chi connectivity index (χ4v) is 3.10. The van der Waals surface area contributed by atoms with Gasteiger partial charge in [-0.1, -0.05) is 36.4 Å². The number of hydrogen-bond acceptors (Lipinski definition) is 3. The highest BCUT2D eigenvalue weighted by molar-refractivity contribution is 5.75. The second-order valence-electron chi connectivity index (χ2n) is 5.74. The molecule has 3 aromatic rings. The van der Waals surface area contributed by atoms with Crippen LogP contribution in [0, 0.1) is 6.92 Å². The number of hydrogen-bond donors (Lipinski definition) is 0. The van der Waals surface area contributed by atoms with Crippen LogP contribution in [0.5, 0.6) is 0 Å². The first kappa shape index (κ1) is 13.1. The third kappa shape index (κ3) is 1.99. The summed E-state index contributed by atoms with van der Waals surface area (Å²) in [4.78, 5) is 2.30. The molecule has 0 N–H and O–H groups in total. The third-order valence-electron chi connectivity index (χ3n) is 4.30. The van der Waals surface area contributed by atoms with Gasteiger partial charge in [0.1, 0.15) is 11.6 Å². The summed E-state index contributed by atoms with van der Waals surface area (Å²) in [7, 11) is 2.14. The smallest absolute Gasteiger partial charge is 0.139 e. The molecule has 0 amide bonds. The number of rotatable bonds is 1. The van der Waals surface area contributed by atoms with Gasteiger partial charge < -0.3 is 4.90 Å². The van der Waals surface area contributed by atoms with Crippen LogP contribution >= 0.6 is 0 Å². The van der Waals surface area contributed by atoms with Gasteiger partial charge >= 0.3 is 0 Å². The van der Waals surface area contributed by atoms with Crippen molar-refractivity contribution >= 4 is 5.69 Å². The second kappa shape index (κ2) is 4.98. The first-order chi connectivity index (χ1) is 10.7. The number of benzene rings is 2. The van der Waals surface area contributed by atoms with Crippen molar-refractivity contribution in [3.05, 3.63) is 60.2 Å². The Morgan fingerprint density at radius 1 is 0.909 bits per heavy atom. The van der Waals surface area contributed by atoms with Crippen LogP contribution in [0.15, 0.2) is 48.5 Å². The molecule has 0 radical (unpaired) electrons. The van der Waals surface area contributed by atoms with Crippen molar-refractivity contribution in [1.29, 1.82) is 0 Å². The van der Waals surface area contributed by atoms with E-state index in [2.05, 4.69) is 69.2 Å². The van der Waals surface area contributed by atoms with Crippen LogP contribution in [-0.2, 0) is 6.42 Å². The molecular formula is C18H18N4. The molecule has 1 aromatic heterocycles. The lowest BCUT2D eigenvalue weighted by molar-refractivity contribution is 0.822. The van der Waals surface area contributed by atoms with Gasteiger partial charge in [-0.05, 0) is 30.2 Å². The van der Waals surface area contributed by atoms with Gasteiger partial charge in [0.05, 0.1) is 11.4 Å². The summed E-state index contributed by atoms with van der Waals surface area (Å²) in [5.74, 6) is 1.98. The van der Waals surface area contributed by atoms with Crippen molar-refractivity contribution in [1.82, 2.24) is 14.8 Å². The first-order valence-corrected chi connectivity index (χ1v) is 7.56. The van der Waals surface area contributed by atoms with Crippen LogP contribution in [0.4, 0.5) is 5.69 Å². The highest BCUT2D eigenvalue weighted by atomic mass is 15.3. The van der Waals surface area contributed by atoms with Crippen molar-refractivity contribution in [2.75, 3.05) is 18.5 Å². The van der Waals surface area contributed by atoms with E-state index in [4.69, 9.17) is 0 Å². The maximum absolute atomic E-state index is 4.32. The third-order valence-corrected chi connectivity index (χ3v) is 4.30. The van der Waals surface area contributed by atoms with E-state index in [0.717, 1.165) is 30.3 Å². The van der Waals surface area contributed by atoms with E-state index in [-0.39, 0.29) is 0 Å². The lowest BCUT2D eigenvalue weighted by Gasteiger charge is -2.20. The topological polar surface area (TPSA) is 34.0 Å². The van der Waals surface area contributed by atoms with Crippen LogP contribution in [0.1, 0.15) is 11.6 Å². The van der Waals surface area contributed by atoms with Gasteiger partial charge in [-0.2, -0.15) is 0 Å². The summed E-state index contributed by atoms with van der Waals surface area (Å²) in [6.07, 6.45) is 0.909. The molecule has 2 aromatic carbocycles. The van der Waals surface area contributed by atoms with Crippen LogP contribution in [0.25, 0.3) is 16.8 Å². The summed E-state index contributed by atoms with van der Waals surface area (Å²) in [5.41, 5.74) is 4.87. The molecular weight excluding hydrogens is 272 g/mol. The average Bonchev–Trinajstić information content (AvgIpc) is 2.86. The number of nitrogens with zero attached hydrogens (tertiary/aromatic N) is 4. The first-order valence-electron chi connectivity index (χ1n) is 7.56. The maximum Gasteiger partial charge on any atom is 0.139 e. The molecule has 1 aliphatic rings. The quantitative estimate of drug-likeness (QED) is 0.690. The number of fused-ring (bicyclic) bond motifs is 3. The summed E-state index contributed by atoms with van der Waals surface area (Å²) in [5, 5.41) is 8.56. The minimum absolute atomic E-state index is 0.909. The monoisotopic (exact) mass is 290 g/mol. The van der Waals surface area contributed by atoms with Crippen molar-refractivity contribution in [2.24, 2.45) is 0 Å². The van der Waals surface area contributed by atoms with E-state index < -0.39 is 0 Å². The van der Waals surface area contributed by atoms with Crippen LogP contribution in [0.3, 0.4) is 0 Å². The molecule has 0 saturated heterocycles. The van der Waals surface area contributed by atoms with Gasteiger partial charge in [0.2, 0.25) is 0 Å². The Bertz CT molecular complexity index is 820. The molecule has 1 aliphatic heterocycles. The molecule has 0 fully saturated rings. The van der Waals surface area contributed by atoms with E-state index in [1.807, 2.05) is 13.0 Å². The standard InChI is InChI=1S/C18H18N4/c1-13-19-20-18-10-11-21(2)17-12-15(8-9-16(17)22(13)18)14-6-4-3-5-7-14/h3-9,12H,10-11H2,1-2H3. The normalized spacial score (nSPS) is 13.5. The molecule has 0 unspecified atom stereocenters. The summed E-state index contributed by atoms with van der Waals surface area (Å²) in [6, 6.07) is 17.1. The van der Waals surface area contributed by atoms with Crippen LogP contribution in [0.2, 0.25) is 0 Å². The van der Waals surface area contributed by atoms with Crippen molar-refractivity contribution in [3.63, 3.8) is 0 Å². The summed E-state index contributed by atoms with van der Waals surface area (Å²) in [6.45, 7) is 2.96. The minimum atomic E-state index is 0.909. The lowest BCUT2D eigenvalue weighted by atomic mass is 10.0.